The maximum atomic E-state index is 15.1. The molecule has 0 saturated carbocycles. The number of methoxy groups -OCH3 is 2. The largest absolute Gasteiger partial charge is 0.495 e. The fourth-order valence-corrected chi connectivity index (χ4v) is 7.73. The van der Waals surface area contributed by atoms with E-state index in [1.54, 1.807) is 67.1 Å². The smallest absolute Gasteiger partial charge is 0.274 e. The van der Waals surface area contributed by atoms with Crippen molar-refractivity contribution >= 4 is 38.9 Å². The highest BCUT2D eigenvalue weighted by Gasteiger charge is 2.61. The molecule has 6 rings (SSSR count). The number of hydrogen-bond donors (Lipinski definition) is 0. The Morgan fingerprint density at radius 2 is 1.60 bits per heavy atom. The van der Waals surface area contributed by atoms with E-state index in [0.717, 1.165) is 9.99 Å². The minimum atomic E-state index is -4.44. The van der Waals surface area contributed by atoms with Gasteiger partial charge in [-0.1, -0.05) is 23.7 Å². The molecule has 1 amide bonds. The number of pyridine rings is 2. The minimum Gasteiger partial charge on any atom is -0.495 e. The molecule has 4 heterocycles. The van der Waals surface area contributed by atoms with E-state index in [1.165, 1.54) is 20.3 Å². The third-order valence-electron chi connectivity index (χ3n) is 7.78. The van der Waals surface area contributed by atoms with E-state index in [0.29, 0.717) is 42.3 Å². The Kier molecular flexibility index (Phi) is 7.25. The Morgan fingerprint density at radius 1 is 0.857 bits per heavy atom. The van der Waals surface area contributed by atoms with Gasteiger partial charge in [-0.2, -0.15) is 0 Å². The lowest BCUT2D eigenvalue weighted by Gasteiger charge is -2.45. The molecule has 0 spiro atoms. The first-order valence-corrected chi connectivity index (χ1v) is 15.1. The maximum absolute atomic E-state index is 15.1. The Morgan fingerprint density at radius 3 is 2.31 bits per heavy atom. The van der Waals surface area contributed by atoms with E-state index < -0.39 is 21.5 Å². The van der Waals surface area contributed by atoms with E-state index in [2.05, 4.69) is 14.9 Å². The van der Waals surface area contributed by atoms with Crippen LogP contribution in [0.5, 0.6) is 11.6 Å². The Labute approximate surface area is 249 Å². The fourth-order valence-electron chi connectivity index (χ4n) is 5.94. The zero-order chi connectivity index (χ0) is 29.5. The van der Waals surface area contributed by atoms with Crippen LogP contribution in [0.1, 0.15) is 11.1 Å². The number of sulfonamides is 1. The van der Waals surface area contributed by atoms with Gasteiger partial charge in [-0.05, 0) is 54.6 Å². The molecule has 0 aliphatic carbocycles. The zero-order valence-electron chi connectivity index (χ0n) is 23.0. The topological polar surface area (TPSA) is 105 Å². The first-order valence-electron chi connectivity index (χ1n) is 13.3. The molecule has 2 aromatic heterocycles. The number of benzene rings is 2. The van der Waals surface area contributed by atoms with Crippen molar-refractivity contribution in [2.75, 3.05) is 49.6 Å². The van der Waals surface area contributed by atoms with Gasteiger partial charge < -0.3 is 14.4 Å². The Hall–Kier alpha value is -4.19. The predicted octanol–water partition coefficient (Wildman–Crippen LogP) is 3.95. The SMILES string of the molecule is COc1ccccc1S(=O)(=O)N1C(=O)C(c2cccnc2OC)(N2CCN(c3ccncc3)CC2)c2cc(Cl)ccc21. The molecular formula is C30H28ClN5O5S. The number of rotatable bonds is 7. The van der Waals surface area contributed by atoms with Gasteiger partial charge in [-0.3, -0.25) is 14.7 Å². The number of para-hydroxylation sites is 1. The van der Waals surface area contributed by atoms with Crippen molar-refractivity contribution in [3.8, 4) is 11.6 Å². The number of anilines is 2. The molecule has 0 radical (unpaired) electrons. The van der Waals surface area contributed by atoms with Gasteiger partial charge in [0.05, 0.1) is 19.9 Å². The average molecular weight is 606 g/mol. The van der Waals surface area contributed by atoms with Crippen molar-refractivity contribution in [2.45, 2.75) is 10.4 Å². The van der Waals surface area contributed by atoms with Crippen LogP contribution in [-0.2, 0) is 20.4 Å². The lowest BCUT2D eigenvalue weighted by molar-refractivity contribution is -0.127. The van der Waals surface area contributed by atoms with Crippen LogP contribution < -0.4 is 18.7 Å². The van der Waals surface area contributed by atoms with Crippen LogP contribution in [0.25, 0.3) is 0 Å². The van der Waals surface area contributed by atoms with E-state index in [1.807, 2.05) is 17.0 Å². The van der Waals surface area contributed by atoms with Crippen molar-refractivity contribution in [3.63, 3.8) is 0 Å². The fraction of sp³-hybridized carbons (Fsp3) is 0.233. The number of piperazine rings is 1. The number of hydrogen-bond acceptors (Lipinski definition) is 9. The van der Waals surface area contributed by atoms with Gasteiger partial charge >= 0.3 is 0 Å². The molecule has 10 nitrogen and oxygen atoms in total. The van der Waals surface area contributed by atoms with Crippen molar-refractivity contribution in [2.24, 2.45) is 0 Å². The Bertz CT molecular complexity index is 1750. The van der Waals surface area contributed by atoms with E-state index in [4.69, 9.17) is 21.1 Å². The molecule has 216 valence electrons. The number of fused-ring (bicyclic) bond motifs is 1. The maximum Gasteiger partial charge on any atom is 0.274 e. The van der Waals surface area contributed by atoms with Crippen LogP contribution in [0.2, 0.25) is 5.02 Å². The van der Waals surface area contributed by atoms with Crippen molar-refractivity contribution in [1.29, 1.82) is 0 Å². The molecule has 12 heteroatoms. The summed E-state index contributed by atoms with van der Waals surface area (Å²) in [5.41, 5.74) is 0.481. The monoisotopic (exact) mass is 605 g/mol. The summed E-state index contributed by atoms with van der Waals surface area (Å²) in [6, 6.07) is 18.4. The van der Waals surface area contributed by atoms with Gasteiger partial charge in [0.1, 0.15) is 10.6 Å². The first-order chi connectivity index (χ1) is 20.3. The minimum absolute atomic E-state index is 0.127. The van der Waals surface area contributed by atoms with E-state index in [-0.39, 0.29) is 22.2 Å². The standard InChI is InChI=1S/C30H28ClN5O5S/c1-40-26-7-3-4-8-27(26)42(38,39)36-25-10-9-21(31)20-24(25)30(29(36)37,23-6-5-13-33-28(23)41-2)35-18-16-34(17-19-35)22-11-14-32-15-12-22/h3-15,20H,16-19H2,1-2H3. The molecule has 2 aliphatic rings. The molecule has 0 N–H and O–H groups in total. The van der Waals surface area contributed by atoms with Crippen LogP contribution in [0, 0.1) is 0 Å². The summed E-state index contributed by atoms with van der Waals surface area (Å²) in [6.07, 6.45) is 5.05. The molecule has 0 bridgehead atoms. The lowest BCUT2D eigenvalue weighted by atomic mass is 9.82. The van der Waals surface area contributed by atoms with Gasteiger partial charge in [0.15, 0.2) is 5.54 Å². The van der Waals surface area contributed by atoms with Gasteiger partial charge in [-0.25, -0.2) is 17.7 Å². The van der Waals surface area contributed by atoms with Crippen LogP contribution in [0.15, 0.2) is 90.2 Å². The highest BCUT2D eigenvalue weighted by Crippen LogP contribution is 2.53. The molecular weight excluding hydrogens is 578 g/mol. The Balaban J connectivity index is 1.56. The zero-order valence-corrected chi connectivity index (χ0v) is 24.5. The molecule has 2 aromatic carbocycles. The number of ether oxygens (including phenoxy) is 2. The average Bonchev–Trinajstić information content (AvgIpc) is 3.29. The van der Waals surface area contributed by atoms with Crippen LogP contribution in [0.4, 0.5) is 11.4 Å². The summed E-state index contributed by atoms with van der Waals surface area (Å²) in [6.45, 7) is 2.02. The normalized spacial score (nSPS) is 19.1. The second-order valence-corrected chi connectivity index (χ2v) is 12.0. The molecule has 1 fully saturated rings. The number of nitrogens with zero attached hydrogens (tertiary/aromatic N) is 5. The lowest BCUT2D eigenvalue weighted by Crippen LogP contribution is -2.60. The van der Waals surface area contributed by atoms with E-state index in [9.17, 15) is 8.42 Å². The van der Waals surface area contributed by atoms with Crippen molar-refractivity contribution < 1.29 is 22.7 Å². The highest BCUT2D eigenvalue weighted by atomic mass is 35.5. The third kappa shape index (κ3) is 4.27. The number of carbonyl (C=O) groups is 1. The van der Waals surface area contributed by atoms with Crippen molar-refractivity contribution in [1.82, 2.24) is 14.9 Å². The molecule has 1 saturated heterocycles. The van der Waals surface area contributed by atoms with Crippen LogP contribution >= 0.6 is 11.6 Å². The first kappa shape index (κ1) is 28.0. The molecule has 4 aromatic rings. The number of amides is 1. The van der Waals surface area contributed by atoms with Gasteiger partial charge in [0.25, 0.3) is 15.9 Å². The summed E-state index contributed by atoms with van der Waals surface area (Å²) in [4.78, 5) is 27.6. The summed E-state index contributed by atoms with van der Waals surface area (Å²) < 4.78 is 40.7. The summed E-state index contributed by atoms with van der Waals surface area (Å²) >= 11 is 6.55. The number of aromatic nitrogens is 2. The molecule has 2 aliphatic heterocycles. The van der Waals surface area contributed by atoms with E-state index >= 15 is 4.79 Å². The van der Waals surface area contributed by atoms with Crippen molar-refractivity contribution in [3.05, 3.63) is 101 Å². The molecule has 1 unspecified atom stereocenters. The highest BCUT2D eigenvalue weighted by molar-refractivity contribution is 7.93. The van der Waals surface area contributed by atoms with Gasteiger partial charge in [0, 0.05) is 66.6 Å². The molecule has 42 heavy (non-hydrogen) atoms. The second-order valence-electron chi connectivity index (χ2n) is 9.84. The summed E-state index contributed by atoms with van der Waals surface area (Å²) in [5, 5.41) is 0.362. The van der Waals surface area contributed by atoms with Crippen LogP contribution in [0.3, 0.4) is 0 Å². The number of carbonyl (C=O) groups excluding carboxylic acids is 1. The van der Waals surface area contributed by atoms with Gasteiger partial charge in [-0.15, -0.1) is 0 Å². The summed E-state index contributed by atoms with van der Waals surface area (Å²) in [5.74, 6) is -0.331. The molecule has 1 atom stereocenters. The van der Waals surface area contributed by atoms with Gasteiger partial charge in [0.2, 0.25) is 5.88 Å². The quantitative estimate of drug-likeness (QED) is 0.310. The second kappa shape index (κ2) is 10.9. The predicted molar refractivity (Wildman–Crippen MR) is 159 cm³/mol. The summed E-state index contributed by atoms with van der Waals surface area (Å²) in [7, 11) is -1.57. The number of halogens is 1. The third-order valence-corrected chi connectivity index (χ3v) is 9.76. The van der Waals surface area contributed by atoms with Crippen LogP contribution in [-0.4, -0.2) is 69.6 Å².